The van der Waals surface area contributed by atoms with Gasteiger partial charge in [-0.05, 0) is 31.0 Å². The van der Waals surface area contributed by atoms with E-state index in [0.717, 1.165) is 25.2 Å². The van der Waals surface area contributed by atoms with Gasteiger partial charge in [0.15, 0.2) is 0 Å². The number of halogens is 1. The molecular weight excluding hydrogens is 344 g/mol. The van der Waals surface area contributed by atoms with Crippen LogP contribution >= 0.6 is 27.3 Å². The number of nitrogens with one attached hydrogen (secondary N) is 1. The van der Waals surface area contributed by atoms with Crippen LogP contribution in [0.25, 0.3) is 0 Å². The number of rotatable bonds is 7. The van der Waals surface area contributed by atoms with Gasteiger partial charge in [-0.3, -0.25) is 0 Å². The lowest BCUT2D eigenvalue weighted by Gasteiger charge is -2.19. The second-order valence-corrected chi connectivity index (χ2v) is 7.65. The van der Waals surface area contributed by atoms with Crippen LogP contribution in [0.4, 0.5) is 0 Å². The first-order valence-electron chi connectivity index (χ1n) is 7.42. The molecule has 0 aliphatic carbocycles. The third-order valence-corrected chi connectivity index (χ3v) is 5.09. The molecule has 2 rings (SSSR count). The van der Waals surface area contributed by atoms with Crippen LogP contribution in [-0.4, -0.2) is 18.1 Å². The Morgan fingerprint density at radius 3 is 2.62 bits per heavy atom. The minimum atomic E-state index is 0.449. The predicted octanol–water partition coefficient (Wildman–Crippen LogP) is 4.79. The molecule has 0 amide bonds. The maximum absolute atomic E-state index is 4.62. The summed E-state index contributed by atoms with van der Waals surface area (Å²) in [6.45, 7) is 8.58. The maximum atomic E-state index is 4.62. The van der Waals surface area contributed by atoms with Crippen molar-refractivity contribution in [2.75, 3.05) is 13.1 Å². The highest BCUT2D eigenvalue weighted by atomic mass is 79.9. The van der Waals surface area contributed by atoms with Gasteiger partial charge in [0.25, 0.3) is 0 Å². The van der Waals surface area contributed by atoms with Crippen LogP contribution in [0.3, 0.4) is 0 Å². The normalized spacial score (nSPS) is 12.8. The van der Waals surface area contributed by atoms with Crippen molar-refractivity contribution in [1.82, 2.24) is 10.3 Å². The van der Waals surface area contributed by atoms with E-state index in [-0.39, 0.29) is 0 Å². The van der Waals surface area contributed by atoms with Gasteiger partial charge < -0.3 is 5.32 Å². The molecule has 1 aromatic heterocycles. The van der Waals surface area contributed by atoms with Crippen LogP contribution in [0.5, 0.6) is 0 Å². The molecule has 0 spiro atoms. The third-order valence-electron chi connectivity index (χ3n) is 3.38. The minimum Gasteiger partial charge on any atom is -0.316 e. The average Bonchev–Trinajstić information content (AvgIpc) is 2.83. The summed E-state index contributed by atoms with van der Waals surface area (Å²) < 4.78 is 1.19. The van der Waals surface area contributed by atoms with Crippen molar-refractivity contribution >= 4 is 27.3 Å². The summed E-state index contributed by atoms with van der Waals surface area (Å²) in [7, 11) is 0. The van der Waals surface area contributed by atoms with Gasteiger partial charge in [0.05, 0.1) is 5.01 Å². The fourth-order valence-corrected chi connectivity index (χ4v) is 3.81. The Kier molecular flexibility index (Phi) is 6.40. The Hall–Kier alpha value is -0.710. The van der Waals surface area contributed by atoms with Crippen LogP contribution in [0, 0.1) is 12.8 Å². The lowest BCUT2D eigenvalue weighted by molar-refractivity contribution is 0.513. The van der Waals surface area contributed by atoms with Crippen LogP contribution < -0.4 is 5.32 Å². The van der Waals surface area contributed by atoms with Crippen LogP contribution in [0.1, 0.15) is 36.0 Å². The zero-order chi connectivity index (χ0) is 15.2. The molecule has 0 saturated heterocycles. The first kappa shape index (κ1) is 16.7. The molecule has 4 heteroatoms. The lowest BCUT2D eigenvalue weighted by Crippen LogP contribution is -2.26. The third kappa shape index (κ3) is 5.20. The minimum absolute atomic E-state index is 0.449. The molecule has 1 atom stereocenters. The van der Waals surface area contributed by atoms with Crippen molar-refractivity contribution in [3.05, 3.63) is 50.4 Å². The van der Waals surface area contributed by atoms with Gasteiger partial charge in [0.1, 0.15) is 0 Å². The molecule has 0 fully saturated rings. The Bertz CT molecular complexity index is 565. The van der Waals surface area contributed by atoms with Crippen LogP contribution in [0.2, 0.25) is 0 Å². The first-order chi connectivity index (χ1) is 10.1. The summed E-state index contributed by atoms with van der Waals surface area (Å²) in [5.74, 6) is 1.12. The van der Waals surface area contributed by atoms with E-state index in [9.17, 15) is 0 Å². The summed E-state index contributed by atoms with van der Waals surface area (Å²) in [6, 6.07) is 8.52. The zero-order valence-corrected chi connectivity index (χ0v) is 15.3. The molecule has 0 saturated carbocycles. The van der Waals surface area contributed by atoms with Crippen molar-refractivity contribution in [1.29, 1.82) is 0 Å². The molecule has 1 heterocycles. The summed E-state index contributed by atoms with van der Waals surface area (Å²) >= 11 is 5.46. The smallest absolute Gasteiger partial charge is 0.0934 e. The van der Waals surface area contributed by atoms with Crippen molar-refractivity contribution in [2.24, 2.45) is 5.92 Å². The fraction of sp³-hybridized carbons (Fsp3) is 0.471. The van der Waals surface area contributed by atoms with E-state index in [4.69, 9.17) is 0 Å². The highest BCUT2D eigenvalue weighted by Crippen LogP contribution is 2.28. The topological polar surface area (TPSA) is 24.9 Å². The predicted molar refractivity (Wildman–Crippen MR) is 95.1 cm³/mol. The van der Waals surface area contributed by atoms with Gasteiger partial charge in [-0.15, -0.1) is 11.3 Å². The second-order valence-electron chi connectivity index (χ2n) is 5.86. The SMILES string of the molecule is Cc1csc(CC(CNCC(C)C)c2ccccc2Br)n1. The largest absolute Gasteiger partial charge is 0.316 e. The number of aryl methyl sites for hydroxylation is 1. The van der Waals surface area contributed by atoms with E-state index in [1.54, 1.807) is 11.3 Å². The molecular formula is C17H23BrN2S. The van der Waals surface area contributed by atoms with Crippen LogP contribution in [-0.2, 0) is 6.42 Å². The highest BCUT2D eigenvalue weighted by molar-refractivity contribution is 9.10. The molecule has 1 aromatic carbocycles. The van der Waals surface area contributed by atoms with Crippen molar-refractivity contribution in [3.63, 3.8) is 0 Å². The molecule has 0 aliphatic heterocycles. The number of thiazole rings is 1. The molecule has 0 aliphatic rings. The molecule has 1 N–H and O–H groups in total. The van der Waals surface area contributed by atoms with E-state index in [0.29, 0.717) is 11.8 Å². The lowest BCUT2D eigenvalue weighted by atomic mass is 9.95. The Balaban J connectivity index is 2.12. The summed E-state index contributed by atoms with van der Waals surface area (Å²) in [4.78, 5) is 4.62. The molecule has 0 radical (unpaired) electrons. The Morgan fingerprint density at radius 2 is 2.00 bits per heavy atom. The van der Waals surface area contributed by atoms with Gasteiger partial charge in [-0.1, -0.05) is 48.0 Å². The molecule has 114 valence electrons. The quantitative estimate of drug-likeness (QED) is 0.761. The summed E-state index contributed by atoms with van der Waals surface area (Å²) in [6.07, 6.45) is 0.992. The molecule has 21 heavy (non-hydrogen) atoms. The van der Waals surface area contributed by atoms with Crippen LogP contribution in [0.15, 0.2) is 34.1 Å². The van der Waals surface area contributed by atoms with Crippen molar-refractivity contribution in [2.45, 2.75) is 33.1 Å². The van der Waals surface area contributed by atoms with E-state index in [1.807, 2.05) is 0 Å². The van der Waals surface area contributed by atoms with E-state index in [2.05, 4.69) is 76.6 Å². The Morgan fingerprint density at radius 1 is 1.24 bits per heavy atom. The second kappa shape index (κ2) is 8.06. The molecule has 2 nitrogen and oxygen atoms in total. The number of nitrogens with zero attached hydrogens (tertiary/aromatic N) is 1. The first-order valence-corrected chi connectivity index (χ1v) is 9.09. The highest BCUT2D eigenvalue weighted by Gasteiger charge is 2.16. The maximum Gasteiger partial charge on any atom is 0.0934 e. The number of hydrogen-bond acceptors (Lipinski definition) is 3. The van der Waals surface area contributed by atoms with Gasteiger partial charge in [-0.2, -0.15) is 0 Å². The molecule has 1 unspecified atom stereocenters. The number of benzene rings is 1. The Labute approximate surface area is 140 Å². The van der Waals surface area contributed by atoms with Crippen molar-refractivity contribution < 1.29 is 0 Å². The van der Waals surface area contributed by atoms with Gasteiger partial charge in [-0.25, -0.2) is 4.98 Å². The van der Waals surface area contributed by atoms with E-state index in [1.165, 1.54) is 15.0 Å². The molecule has 0 bridgehead atoms. The fourth-order valence-electron chi connectivity index (χ4n) is 2.35. The molecule has 2 aromatic rings. The summed E-state index contributed by atoms with van der Waals surface area (Å²) in [5, 5.41) is 6.95. The zero-order valence-electron chi connectivity index (χ0n) is 12.9. The van der Waals surface area contributed by atoms with Gasteiger partial charge in [0.2, 0.25) is 0 Å². The average molecular weight is 367 g/mol. The van der Waals surface area contributed by atoms with Gasteiger partial charge in [0, 0.05) is 34.4 Å². The van der Waals surface area contributed by atoms with E-state index < -0.39 is 0 Å². The number of hydrogen-bond donors (Lipinski definition) is 1. The number of aromatic nitrogens is 1. The summed E-state index contributed by atoms with van der Waals surface area (Å²) in [5.41, 5.74) is 2.48. The van der Waals surface area contributed by atoms with Gasteiger partial charge >= 0.3 is 0 Å². The van der Waals surface area contributed by atoms with Crippen molar-refractivity contribution in [3.8, 4) is 0 Å². The standard InChI is InChI=1S/C17H23BrN2S/c1-12(2)9-19-10-14(8-17-20-13(3)11-21-17)15-6-4-5-7-16(15)18/h4-7,11-12,14,19H,8-10H2,1-3H3. The van der Waals surface area contributed by atoms with E-state index >= 15 is 0 Å². The monoisotopic (exact) mass is 366 g/mol.